The number of amides is 2. The first-order chi connectivity index (χ1) is 13.9. The van der Waals surface area contributed by atoms with Crippen LogP contribution in [0.5, 0.6) is 5.75 Å². The van der Waals surface area contributed by atoms with E-state index in [9.17, 15) is 19.7 Å². The lowest BCUT2D eigenvalue weighted by Crippen LogP contribution is -2.41. The predicted molar refractivity (Wildman–Crippen MR) is 109 cm³/mol. The van der Waals surface area contributed by atoms with Gasteiger partial charge in [-0.1, -0.05) is 0 Å². The minimum atomic E-state index is -0.677. The molecule has 0 saturated carbocycles. The Morgan fingerprint density at radius 2 is 1.52 bits per heavy atom. The van der Waals surface area contributed by atoms with Crippen LogP contribution in [0.25, 0.3) is 0 Å². The van der Waals surface area contributed by atoms with Crippen molar-refractivity contribution in [3.63, 3.8) is 0 Å². The van der Waals surface area contributed by atoms with Gasteiger partial charge < -0.3 is 9.64 Å². The summed E-state index contributed by atoms with van der Waals surface area (Å²) in [7, 11) is 0. The molecule has 9 heteroatoms. The zero-order valence-electron chi connectivity index (χ0n) is 16.6. The molecule has 2 amide bonds. The van der Waals surface area contributed by atoms with Crippen LogP contribution in [-0.2, 0) is 0 Å². The van der Waals surface area contributed by atoms with E-state index < -0.39 is 16.7 Å². The molecule has 0 aliphatic heterocycles. The molecule has 0 saturated heterocycles. The fourth-order valence-electron chi connectivity index (χ4n) is 2.75. The van der Waals surface area contributed by atoms with Crippen LogP contribution in [0.4, 0.5) is 11.4 Å². The summed E-state index contributed by atoms with van der Waals surface area (Å²) in [6.07, 6.45) is 0. The van der Waals surface area contributed by atoms with Crippen molar-refractivity contribution in [2.75, 3.05) is 24.6 Å². The van der Waals surface area contributed by atoms with E-state index >= 15 is 0 Å². The third-order valence-corrected chi connectivity index (χ3v) is 4.27. The highest BCUT2D eigenvalue weighted by Gasteiger charge is 2.19. The number of hydrogen-bond acceptors (Lipinski definition) is 6. The molecule has 0 aliphatic rings. The predicted octanol–water partition coefficient (Wildman–Crippen LogP) is 2.91. The van der Waals surface area contributed by atoms with Crippen LogP contribution in [-0.4, -0.2) is 36.4 Å². The van der Waals surface area contributed by atoms with Crippen molar-refractivity contribution in [1.82, 2.24) is 10.9 Å². The fraction of sp³-hybridized carbons (Fsp3) is 0.300. The smallest absolute Gasteiger partial charge is 0.311 e. The maximum atomic E-state index is 12.2. The van der Waals surface area contributed by atoms with Crippen LogP contribution in [0, 0.1) is 10.1 Å². The first kappa shape index (κ1) is 21.7. The van der Waals surface area contributed by atoms with Gasteiger partial charge in [0, 0.05) is 36.0 Å². The molecule has 154 valence electrons. The standard InChI is InChI=1S/C20H24N4O5/c1-4-23(5-2)16-10-7-14(8-11-16)19(25)21-22-20(26)15-9-12-18(29-6-3)17(13-15)24(27)28/h7-13H,4-6H2,1-3H3,(H,21,25)(H,22,26). The van der Waals surface area contributed by atoms with Crippen LogP contribution in [0.3, 0.4) is 0 Å². The molecule has 0 radical (unpaired) electrons. The Balaban J connectivity index is 2.04. The van der Waals surface area contributed by atoms with E-state index in [0.29, 0.717) is 5.56 Å². The minimum absolute atomic E-state index is 0.0253. The number of nitro benzene ring substituents is 1. The number of carbonyl (C=O) groups is 2. The third-order valence-electron chi connectivity index (χ3n) is 4.27. The van der Waals surface area contributed by atoms with Crippen molar-refractivity contribution in [3.8, 4) is 5.75 Å². The number of hydrazine groups is 1. The molecule has 0 spiro atoms. The molecule has 0 aliphatic carbocycles. The van der Waals surface area contributed by atoms with Gasteiger partial charge in [-0.25, -0.2) is 0 Å². The van der Waals surface area contributed by atoms with Crippen LogP contribution >= 0.6 is 0 Å². The molecule has 0 fully saturated rings. The average Bonchev–Trinajstić information content (AvgIpc) is 2.73. The number of nitrogens with zero attached hydrogens (tertiary/aromatic N) is 2. The van der Waals surface area contributed by atoms with Crippen LogP contribution in [0.15, 0.2) is 42.5 Å². The maximum Gasteiger partial charge on any atom is 0.311 e. The monoisotopic (exact) mass is 400 g/mol. The van der Waals surface area contributed by atoms with Gasteiger partial charge in [-0.2, -0.15) is 0 Å². The average molecular weight is 400 g/mol. The zero-order valence-corrected chi connectivity index (χ0v) is 16.6. The number of rotatable bonds is 8. The topological polar surface area (TPSA) is 114 Å². The van der Waals surface area contributed by atoms with Gasteiger partial charge >= 0.3 is 5.69 Å². The summed E-state index contributed by atoms with van der Waals surface area (Å²) in [5.74, 6) is -1.10. The van der Waals surface area contributed by atoms with Crippen LogP contribution < -0.4 is 20.5 Å². The molecule has 2 N–H and O–H groups in total. The Kier molecular flexibility index (Phi) is 7.53. The van der Waals surface area contributed by atoms with E-state index in [1.165, 1.54) is 12.1 Å². The van der Waals surface area contributed by atoms with Gasteiger partial charge in [-0.15, -0.1) is 0 Å². The van der Waals surface area contributed by atoms with Gasteiger partial charge in [-0.05, 0) is 57.2 Å². The summed E-state index contributed by atoms with van der Waals surface area (Å²) < 4.78 is 5.19. The molecule has 0 aromatic heterocycles. The van der Waals surface area contributed by atoms with Gasteiger partial charge in [0.2, 0.25) is 0 Å². The van der Waals surface area contributed by atoms with Gasteiger partial charge in [0.25, 0.3) is 11.8 Å². The minimum Gasteiger partial charge on any atom is -0.487 e. The highest BCUT2D eigenvalue weighted by atomic mass is 16.6. The zero-order chi connectivity index (χ0) is 21.4. The fourth-order valence-corrected chi connectivity index (χ4v) is 2.75. The maximum absolute atomic E-state index is 12.2. The molecule has 0 heterocycles. The summed E-state index contributed by atoms with van der Waals surface area (Å²) in [5.41, 5.74) is 5.65. The molecule has 9 nitrogen and oxygen atoms in total. The molecule has 2 rings (SSSR count). The largest absolute Gasteiger partial charge is 0.487 e. The van der Waals surface area contributed by atoms with Crippen molar-refractivity contribution in [2.24, 2.45) is 0 Å². The summed E-state index contributed by atoms with van der Waals surface area (Å²) in [6.45, 7) is 7.76. The van der Waals surface area contributed by atoms with Crippen molar-refractivity contribution >= 4 is 23.2 Å². The quantitative estimate of drug-likeness (QED) is 0.520. The first-order valence-corrected chi connectivity index (χ1v) is 9.28. The summed E-state index contributed by atoms with van der Waals surface area (Å²) >= 11 is 0. The number of ether oxygens (including phenoxy) is 1. The number of nitro groups is 1. The normalized spacial score (nSPS) is 10.2. The molecule has 0 bridgehead atoms. The molecular weight excluding hydrogens is 376 g/mol. The van der Waals surface area contributed by atoms with Crippen molar-refractivity contribution in [3.05, 3.63) is 63.7 Å². The second-order valence-corrected chi connectivity index (χ2v) is 6.00. The van der Waals surface area contributed by atoms with Crippen molar-refractivity contribution in [2.45, 2.75) is 20.8 Å². The van der Waals surface area contributed by atoms with E-state index in [0.717, 1.165) is 24.8 Å². The molecule has 2 aromatic rings. The second kappa shape index (κ2) is 10.1. The van der Waals surface area contributed by atoms with Gasteiger partial charge in [0.1, 0.15) is 0 Å². The molecular formula is C20H24N4O5. The summed E-state index contributed by atoms with van der Waals surface area (Å²) in [4.78, 5) is 37.2. The van der Waals surface area contributed by atoms with Crippen molar-refractivity contribution in [1.29, 1.82) is 0 Å². The highest BCUT2D eigenvalue weighted by Crippen LogP contribution is 2.27. The van der Waals surface area contributed by atoms with Crippen LogP contribution in [0.1, 0.15) is 41.5 Å². The Morgan fingerprint density at radius 3 is 2.03 bits per heavy atom. The van der Waals surface area contributed by atoms with E-state index in [2.05, 4.69) is 15.8 Å². The van der Waals surface area contributed by atoms with E-state index in [1.54, 1.807) is 19.1 Å². The number of carbonyl (C=O) groups excluding carboxylic acids is 2. The highest BCUT2D eigenvalue weighted by molar-refractivity contribution is 5.99. The Hall–Kier alpha value is -3.62. The molecule has 0 unspecified atom stereocenters. The van der Waals surface area contributed by atoms with E-state index in [4.69, 9.17) is 4.74 Å². The van der Waals surface area contributed by atoms with Gasteiger partial charge in [0.15, 0.2) is 5.75 Å². The molecule has 29 heavy (non-hydrogen) atoms. The summed E-state index contributed by atoms with van der Waals surface area (Å²) in [5, 5.41) is 11.2. The van der Waals surface area contributed by atoms with Crippen LogP contribution in [0.2, 0.25) is 0 Å². The van der Waals surface area contributed by atoms with E-state index in [1.807, 2.05) is 26.0 Å². The molecule has 0 atom stereocenters. The number of anilines is 1. The van der Waals surface area contributed by atoms with E-state index in [-0.39, 0.29) is 23.6 Å². The molecule has 2 aromatic carbocycles. The third kappa shape index (κ3) is 5.44. The Labute approximate surface area is 168 Å². The number of nitrogens with one attached hydrogen (secondary N) is 2. The Bertz CT molecular complexity index is 879. The van der Waals surface area contributed by atoms with Crippen molar-refractivity contribution < 1.29 is 19.2 Å². The first-order valence-electron chi connectivity index (χ1n) is 9.28. The van der Waals surface area contributed by atoms with Gasteiger partial charge in [-0.3, -0.25) is 30.6 Å². The lowest BCUT2D eigenvalue weighted by atomic mass is 10.1. The number of hydrogen-bond donors (Lipinski definition) is 2. The van der Waals surface area contributed by atoms with Gasteiger partial charge in [0.05, 0.1) is 11.5 Å². The Morgan fingerprint density at radius 1 is 0.966 bits per heavy atom. The summed E-state index contributed by atoms with van der Waals surface area (Å²) in [6, 6.07) is 10.8. The lowest BCUT2D eigenvalue weighted by Gasteiger charge is -2.21. The number of benzene rings is 2. The SMILES string of the molecule is CCOc1ccc(C(=O)NNC(=O)c2ccc(N(CC)CC)cc2)cc1[N+](=O)[O-]. The second-order valence-electron chi connectivity index (χ2n) is 6.00. The lowest BCUT2D eigenvalue weighted by molar-refractivity contribution is -0.385.